The summed E-state index contributed by atoms with van der Waals surface area (Å²) in [6.07, 6.45) is 6.20. The summed E-state index contributed by atoms with van der Waals surface area (Å²) < 4.78 is 10.9. The molecular formula is C17H32IN3O2. The summed E-state index contributed by atoms with van der Waals surface area (Å²) in [5.41, 5.74) is 0.814. The largest absolute Gasteiger partial charge is 0.385 e. The molecule has 134 valence electrons. The average molecular weight is 437 g/mol. The number of methoxy groups -OCH3 is 1. The Labute approximate surface area is 157 Å². The number of aliphatic imine (C=N–C) groups is 1. The van der Waals surface area contributed by atoms with Crippen LogP contribution in [0.5, 0.6) is 0 Å². The second-order valence-corrected chi connectivity index (χ2v) is 7.39. The van der Waals surface area contributed by atoms with E-state index in [9.17, 15) is 0 Å². The van der Waals surface area contributed by atoms with Gasteiger partial charge in [-0.15, -0.1) is 24.0 Å². The molecule has 3 aliphatic rings. The predicted molar refractivity (Wildman–Crippen MR) is 104 cm³/mol. The predicted octanol–water partition coefficient (Wildman–Crippen LogP) is 2.50. The number of halogens is 1. The van der Waals surface area contributed by atoms with Crippen molar-refractivity contribution < 1.29 is 9.47 Å². The first kappa shape index (κ1) is 19.2. The molecule has 0 radical (unpaired) electrons. The maximum absolute atomic E-state index is 5.64. The zero-order chi connectivity index (χ0) is 15.5. The average Bonchev–Trinajstić information content (AvgIpc) is 2.96. The van der Waals surface area contributed by atoms with Crippen LogP contribution >= 0.6 is 24.0 Å². The Morgan fingerprint density at radius 2 is 2.13 bits per heavy atom. The normalized spacial score (nSPS) is 29.0. The number of likely N-dealkylation sites (tertiary alicyclic amines) is 1. The SMILES string of the molecule is CCNC(=NCC1(CCOC)CC1)N1CCC2(CCOC2)C1.I. The summed E-state index contributed by atoms with van der Waals surface area (Å²) in [5.74, 6) is 1.11. The smallest absolute Gasteiger partial charge is 0.193 e. The number of hydrogen-bond acceptors (Lipinski definition) is 3. The van der Waals surface area contributed by atoms with E-state index in [0.717, 1.165) is 58.4 Å². The van der Waals surface area contributed by atoms with Crippen molar-refractivity contribution in [3.05, 3.63) is 0 Å². The van der Waals surface area contributed by atoms with Gasteiger partial charge in [-0.05, 0) is 44.4 Å². The first-order valence-electron chi connectivity index (χ1n) is 8.81. The van der Waals surface area contributed by atoms with Crippen molar-refractivity contribution in [1.82, 2.24) is 10.2 Å². The Kier molecular flexibility index (Phi) is 6.98. The number of nitrogens with zero attached hydrogens (tertiary/aromatic N) is 2. The highest BCUT2D eigenvalue weighted by molar-refractivity contribution is 14.0. The van der Waals surface area contributed by atoms with E-state index in [1.54, 1.807) is 7.11 Å². The lowest BCUT2D eigenvalue weighted by atomic mass is 9.87. The van der Waals surface area contributed by atoms with Crippen molar-refractivity contribution in [3.8, 4) is 0 Å². The third-order valence-electron chi connectivity index (χ3n) is 5.62. The molecule has 1 atom stereocenters. The number of ether oxygens (including phenoxy) is 2. The molecule has 0 aromatic heterocycles. The van der Waals surface area contributed by atoms with Gasteiger partial charge in [0, 0.05) is 51.9 Å². The Balaban J connectivity index is 0.00000192. The summed E-state index contributed by atoms with van der Waals surface area (Å²) in [7, 11) is 1.79. The van der Waals surface area contributed by atoms with Crippen molar-refractivity contribution in [2.45, 2.75) is 39.0 Å². The van der Waals surface area contributed by atoms with Crippen molar-refractivity contribution in [2.24, 2.45) is 15.8 Å². The van der Waals surface area contributed by atoms with E-state index in [2.05, 4.69) is 17.1 Å². The minimum absolute atomic E-state index is 0. The van der Waals surface area contributed by atoms with Crippen molar-refractivity contribution >= 4 is 29.9 Å². The molecule has 1 N–H and O–H groups in total. The molecule has 1 unspecified atom stereocenters. The van der Waals surface area contributed by atoms with Gasteiger partial charge in [0.05, 0.1) is 6.61 Å². The molecule has 0 aromatic rings. The summed E-state index contributed by atoms with van der Waals surface area (Å²) >= 11 is 0. The van der Waals surface area contributed by atoms with Gasteiger partial charge in [0.2, 0.25) is 0 Å². The Morgan fingerprint density at radius 1 is 1.30 bits per heavy atom. The first-order chi connectivity index (χ1) is 10.7. The Hall–Kier alpha value is -0.0800. The molecule has 2 saturated heterocycles. The molecule has 0 amide bonds. The topological polar surface area (TPSA) is 46.1 Å². The lowest BCUT2D eigenvalue weighted by Crippen LogP contribution is -2.41. The van der Waals surface area contributed by atoms with Gasteiger partial charge in [0.25, 0.3) is 0 Å². The lowest BCUT2D eigenvalue weighted by Gasteiger charge is -2.25. The van der Waals surface area contributed by atoms with Gasteiger partial charge in [0.15, 0.2) is 5.96 Å². The molecule has 1 spiro atoms. The zero-order valence-electron chi connectivity index (χ0n) is 14.6. The van der Waals surface area contributed by atoms with Crippen molar-refractivity contribution in [2.75, 3.05) is 53.1 Å². The Bertz CT molecular complexity index is 407. The van der Waals surface area contributed by atoms with E-state index in [-0.39, 0.29) is 24.0 Å². The molecule has 3 fully saturated rings. The minimum atomic E-state index is 0. The van der Waals surface area contributed by atoms with E-state index in [0.29, 0.717) is 10.8 Å². The quantitative estimate of drug-likeness (QED) is 0.394. The second-order valence-electron chi connectivity index (χ2n) is 7.39. The van der Waals surface area contributed by atoms with Gasteiger partial charge in [-0.3, -0.25) is 4.99 Å². The minimum Gasteiger partial charge on any atom is -0.385 e. The van der Waals surface area contributed by atoms with Crippen LogP contribution in [-0.4, -0.2) is 64.0 Å². The molecule has 6 heteroatoms. The van der Waals surface area contributed by atoms with Gasteiger partial charge in [-0.1, -0.05) is 0 Å². The summed E-state index contributed by atoms with van der Waals surface area (Å²) in [4.78, 5) is 7.42. The number of guanidine groups is 1. The maximum atomic E-state index is 5.64. The fourth-order valence-corrected chi connectivity index (χ4v) is 3.74. The molecule has 0 aromatic carbocycles. The van der Waals surface area contributed by atoms with Crippen LogP contribution in [0.1, 0.15) is 39.0 Å². The summed E-state index contributed by atoms with van der Waals surface area (Å²) in [6.45, 7) is 8.96. The highest BCUT2D eigenvalue weighted by Crippen LogP contribution is 2.49. The van der Waals surface area contributed by atoms with E-state index >= 15 is 0 Å². The fourth-order valence-electron chi connectivity index (χ4n) is 3.74. The van der Waals surface area contributed by atoms with Crippen LogP contribution < -0.4 is 5.32 Å². The number of rotatable bonds is 6. The molecule has 1 saturated carbocycles. The van der Waals surface area contributed by atoms with E-state index in [1.807, 2.05) is 0 Å². The third kappa shape index (κ3) is 4.72. The van der Waals surface area contributed by atoms with Gasteiger partial charge in [0.1, 0.15) is 0 Å². The zero-order valence-corrected chi connectivity index (χ0v) is 16.9. The van der Waals surface area contributed by atoms with Crippen LogP contribution in [0.15, 0.2) is 4.99 Å². The molecular weight excluding hydrogens is 405 g/mol. The third-order valence-corrected chi connectivity index (χ3v) is 5.62. The second kappa shape index (κ2) is 8.34. The first-order valence-corrected chi connectivity index (χ1v) is 8.81. The van der Waals surface area contributed by atoms with Crippen LogP contribution in [0.4, 0.5) is 0 Å². The monoisotopic (exact) mass is 437 g/mol. The van der Waals surface area contributed by atoms with Gasteiger partial charge >= 0.3 is 0 Å². The van der Waals surface area contributed by atoms with Crippen LogP contribution in [0, 0.1) is 10.8 Å². The van der Waals surface area contributed by atoms with E-state index in [1.165, 1.54) is 25.7 Å². The molecule has 1 aliphatic carbocycles. The van der Waals surface area contributed by atoms with Crippen LogP contribution in [0.2, 0.25) is 0 Å². The maximum Gasteiger partial charge on any atom is 0.193 e. The van der Waals surface area contributed by atoms with Crippen molar-refractivity contribution in [1.29, 1.82) is 0 Å². The molecule has 0 bridgehead atoms. The molecule has 5 nitrogen and oxygen atoms in total. The van der Waals surface area contributed by atoms with Crippen molar-refractivity contribution in [3.63, 3.8) is 0 Å². The standard InChI is InChI=1S/C17H31N3O2.HI/c1-3-18-15(19-12-16(4-5-16)7-10-21-2)20-9-6-17(13-20)8-11-22-14-17;/h3-14H2,1-2H3,(H,18,19);1H. The van der Waals surface area contributed by atoms with Crippen LogP contribution in [-0.2, 0) is 9.47 Å². The van der Waals surface area contributed by atoms with E-state index in [4.69, 9.17) is 14.5 Å². The van der Waals surface area contributed by atoms with Crippen LogP contribution in [0.3, 0.4) is 0 Å². The fraction of sp³-hybridized carbons (Fsp3) is 0.941. The summed E-state index contributed by atoms with van der Waals surface area (Å²) in [6, 6.07) is 0. The number of hydrogen-bond donors (Lipinski definition) is 1. The molecule has 2 heterocycles. The highest BCUT2D eigenvalue weighted by atomic mass is 127. The van der Waals surface area contributed by atoms with Gasteiger partial charge < -0.3 is 19.7 Å². The number of nitrogens with one attached hydrogen (secondary N) is 1. The van der Waals surface area contributed by atoms with Crippen LogP contribution in [0.25, 0.3) is 0 Å². The Morgan fingerprint density at radius 3 is 2.74 bits per heavy atom. The molecule has 23 heavy (non-hydrogen) atoms. The lowest BCUT2D eigenvalue weighted by molar-refractivity contribution is 0.156. The van der Waals surface area contributed by atoms with E-state index < -0.39 is 0 Å². The highest BCUT2D eigenvalue weighted by Gasteiger charge is 2.44. The van der Waals surface area contributed by atoms with Gasteiger partial charge in [-0.2, -0.15) is 0 Å². The molecule has 2 aliphatic heterocycles. The summed E-state index contributed by atoms with van der Waals surface area (Å²) in [5, 5.41) is 3.49. The van der Waals surface area contributed by atoms with Gasteiger partial charge in [-0.25, -0.2) is 0 Å². The molecule has 3 rings (SSSR count).